The number of fused-ring (bicyclic) bond motifs is 1. The van der Waals surface area contributed by atoms with Crippen LogP contribution in [-0.2, 0) is 0 Å². The average molecular weight is 238 g/mol. The molecule has 1 aliphatic heterocycles. The number of benzene rings is 1. The van der Waals surface area contributed by atoms with Gasteiger partial charge in [-0.1, -0.05) is 12.1 Å². The van der Waals surface area contributed by atoms with Gasteiger partial charge in [-0.25, -0.2) is 4.98 Å². The lowest BCUT2D eigenvalue weighted by atomic mass is 10.2. The van der Waals surface area contributed by atoms with Gasteiger partial charge in [-0.15, -0.1) is 12.4 Å². The van der Waals surface area contributed by atoms with Crippen LogP contribution in [0.2, 0.25) is 0 Å². The molecule has 2 heterocycles. The van der Waals surface area contributed by atoms with Crippen molar-refractivity contribution in [2.45, 2.75) is 19.4 Å². The molecule has 1 aromatic carbocycles. The summed E-state index contributed by atoms with van der Waals surface area (Å²) < 4.78 is 2.37. The monoisotopic (exact) mass is 237 g/mol. The van der Waals surface area contributed by atoms with E-state index >= 15 is 0 Å². The molecule has 1 aromatic heterocycles. The zero-order valence-corrected chi connectivity index (χ0v) is 10.1. The second-order valence-corrected chi connectivity index (χ2v) is 4.16. The minimum absolute atomic E-state index is 0. The van der Waals surface area contributed by atoms with Crippen LogP contribution in [0.3, 0.4) is 0 Å². The second-order valence-electron chi connectivity index (χ2n) is 4.16. The highest BCUT2D eigenvalue weighted by Gasteiger charge is 2.20. The number of halogens is 1. The number of para-hydroxylation sites is 2. The van der Waals surface area contributed by atoms with Crippen LogP contribution in [0.5, 0.6) is 0 Å². The van der Waals surface area contributed by atoms with Crippen molar-refractivity contribution >= 4 is 23.4 Å². The Bertz CT molecular complexity index is 486. The maximum atomic E-state index is 4.59. The summed E-state index contributed by atoms with van der Waals surface area (Å²) in [4.78, 5) is 4.59. The van der Waals surface area contributed by atoms with Crippen LogP contribution >= 0.6 is 12.4 Å². The quantitative estimate of drug-likeness (QED) is 0.825. The summed E-state index contributed by atoms with van der Waals surface area (Å²) in [6.45, 7) is 4.29. The molecule has 0 spiro atoms. The van der Waals surface area contributed by atoms with E-state index in [0.29, 0.717) is 6.04 Å². The van der Waals surface area contributed by atoms with Gasteiger partial charge in [-0.3, -0.25) is 0 Å². The first-order valence-electron chi connectivity index (χ1n) is 5.50. The number of nitrogens with one attached hydrogen (secondary N) is 1. The number of imidazole rings is 1. The van der Waals surface area contributed by atoms with E-state index in [2.05, 4.69) is 40.0 Å². The van der Waals surface area contributed by atoms with Gasteiger partial charge in [0.05, 0.1) is 11.0 Å². The molecule has 0 amide bonds. The topological polar surface area (TPSA) is 29.9 Å². The molecule has 16 heavy (non-hydrogen) atoms. The van der Waals surface area contributed by atoms with Gasteiger partial charge < -0.3 is 9.88 Å². The van der Waals surface area contributed by atoms with Crippen LogP contribution in [-0.4, -0.2) is 22.6 Å². The van der Waals surface area contributed by atoms with E-state index in [1.54, 1.807) is 0 Å². The van der Waals surface area contributed by atoms with Crippen molar-refractivity contribution in [1.82, 2.24) is 14.9 Å². The highest BCUT2D eigenvalue weighted by atomic mass is 35.5. The number of hydrogen-bond acceptors (Lipinski definition) is 2. The van der Waals surface area contributed by atoms with Gasteiger partial charge in [-0.05, 0) is 32.0 Å². The predicted octanol–water partition coefficient (Wildman–Crippen LogP) is 2.30. The Hall–Kier alpha value is -1.06. The number of aryl methyl sites for hydroxylation is 1. The van der Waals surface area contributed by atoms with Crippen LogP contribution in [0, 0.1) is 6.92 Å². The molecule has 1 unspecified atom stereocenters. The third-order valence-electron chi connectivity index (χ3n) is 3.17. The number of aromatic nitrogens is 2. The van der Waals surface area contributed by atoms with Gasteiger partial charge in [0, 0.05) is 12.6 Å². The molecule has 3 rings (SSSR count). The van der Waals surface area contributed by atoms with E-state index in [-0.39, 0.29) is 12.4 Å². The third kappa shape index (κ3) is 1.70. The Kier molecular flexibility index (Phi) is 3.17. The molecule has 0 bridgehead atoms. The minimum Gasteiger partial charge on any atom is -0.324 e. The van der Waals surface area contributed by atoms with Crippen molar-refractivity contribution in [3.63, 3.8) is 0 Å². The molecule has 1 N–H and O–H groups in total. The standard InChI is InChI=1S/C12H15N3.ClH/c1-9-14-11-4-2-3-5-12(11)15(9)10-6-7-13-8-10;/h2-5,10,13H,6-8H2,1H3;1H. The molecular weight excluding hydrogens is 222 g/mol. The first kappa shape index (κ1) is 11.4. The van der Waals surface area contributed by atoms with E-state index in [0.717, 1.165) is 24.4 Å². The Balaban J connectivity index is 0.000000963. The number of rotatable bonds is 1. The van der Waals surface area contributed by atoms with E-state index in [4.69, 9.17) is 0 Å². The minimum atomic E-state index is 0. The van der Waals surface area contributed by atoms with E-state index in [1.807, 2.05) is 6.07 Å². The van der Waals surface area contributed by atoms with Gasteiger partial charge in [0.1, 0.15) is 5.82 Å². The molecule has 2 aromatic rings. The largest absolute Gasteiger partial charge is 0.324 e. The molecule has 0 radical (unpaired) electrons. The van der Waals surface area contributed by atoms with Crippen molar-refractivity contribution in [2.75, 3.05) is 13.1 Å². The number of nitrogens with zero attached hydrogens (tertiary/aromatic N) is 2. The zero-order chi connectivity index (χ0) is 10.3. The Morgan fingerprint density at radius 2 is 2.19 bits per heavy atom. The van der Waals surface area contributed by atoms with Gasteiger partial charge >= 0.3 is 0 Å². The molecule has 1 saturated heterocycles. The summed E-state index contributed by atoms with van der Waals surface area (Å²) in [5.41, 5.74) is 2.38. The van der Waals surface area contributed by atoms with E-state index in [1.165, 1.54) is 11.9 Å². The Morgan fingerprint density at radius 1 is 1.38 bits per heavy atom. The van der Waals surface area contributed by atoms with Crippen molar-refractivity contribution in [3.05, 3.63) is 30.1 Å². The fourth-order valence-electron chi connectivity index (χ4n) is 2.49. The fourth-order valence-corrected chi connectivity index (χ4v) is 2.49. The van der Waals surface area contributed by atoms with Crippen LogP contribution < -0.4 is 5.32 Å². The summed E-state index contributed by atoms with van der Waals surface area (Å²) >= 11 is 0. The van der Waals surface area contributed by atoms with Crippen molar-refractivity contribution in [2.24, 2.45) is 0 Å². The Labute approximate surface area is 101 Å². The molecule has 1 aliphatic rings. The lowest BCUT2D eigenvalue weighted by Crippen LogP contribution is -2.14. The van der Waals surface area contributed by atoms with Gasteiger partial charge in [0.2, 0.25) is 0 Å². The molecule has 86 valence electrons. The molecule has 4 heteroatoms. The van der Waals surface area contributed by atoms with Gasteiger partial charge in [0.15, 0.2) is 0 Å². The van der Waals surface area contributed by atoms with Crippen LogP contribution in [0.15, 0.2) is 24.3 Å². The summed E-state index contributed by atoms with van der Waals surface area (Å²) in [5, 5.41) is 3.40. The highest BCUT2D eigenvalue weighted by molar-refractivity contribution is 5.85. The second kappa shape index (κ2) is 4.44. The predicted molar refractivity (Wildman–Crippen MR) is 68.2 cm³/mol. The molecule has 1 fully saturated rings. The van der Waals surface area contributed by atoms with Crippen molar-refractivity contribution in [3.8, 4) is 0 Å². The summed E-state index contributed by atoms with van der Waals surface area (Å²) in [5.74, 6) is 1.13. The van der Waals surface area contributed by atoms with Gasteiger partial charge in [0.25, 0.3) is 0 Å². The fraction of sp³-hybridized carbons (Fsp3) is 0.417. The SMILES string of the molecule is Cc1nc2ccccc2n1C1CCNC1.Cl. The highest BCUT2D eigenvalue weighted by Crippen LogP contribution is 2.24. The summed E-state index contributed by atoms with van der Waals surface area (Å²) in [7, 11) is 0. The lowest BCUT2D eigenvalue weighted by Gasteiger charge is -2.13. The van der Waals surface area contributed by atoms with Crippen LogP contribution in [0.4, 0.5) is 0 Å². The maximum Gasteiger partial charge on any atom is 0.107 e. The van der Waals surface area contributed by atoms with E-state index in [9.17, 15) is 0 Å². The van der Waals surface area contributed by atoms with Crippen molar-refractivity contribution < 1.29 is 0 Å². The van der Waals surface area contributed by atoms with Gasteiger partial charge in [-0.2, -0.15) is 0 Å². The first-order chi connectivity index (χ1) is 7.36. The summed E-state index contributed by atoms with van der Waals surface area (Å²) in [6, 6.07) is 8.96. The molecular formula is C12H16ClN3. The molecule has 1 atom stereocenters. The van der Waals surface area contributed by atoms with Crippen LogP contribution in [0.1, 0.15) is 18.3 Å². The first-order valence-corrected chi connectivity index (χ1v) is 5.50. The Morgan fingerprint density at radius 3 is 2.94 bits per heavy atom. The molecule has 3 nitrogen and oxygen atoms in total. The smallest absolute Gasteiger partial charge is 0.107 e. The van der Waals surface area contributed by atoms with E-state index < -0.39 is 0 Å². The average Bonchev–Trinajstić information content (AvgIpc) is 2.82. The molecule has 0 saturated carbocycles. The maximum absolute atomic E-state index is 4.59. The zero-order valence-electron chi connectivity index (χ0n) is 9.31. The number of hydrogen-bond donors (Lipinski definition) is 1. The van der Waals surface area contributed by atoms with Crippen LogP contribution in [0.25, 0.3) is 11.0 Å². The third-order valence-corrected chi connectivity index (χ3v) is 3.17. The van der Waals surface area contributed by atoms with Crippen molar-refractivity contribution in [1.29, 1.82) is 0 Å². The summed E-state index contributed by atoms with van der Waals surface area (Å²) in [6.07, 6.45) is 1.21. The molecule has 0 aliphatic carbocycles. The lowest BCUT2D eigenvalue weighted by molar-refractivity contribution is 0.548. The normalized spacial score (nSPS) is 19.9.